The van der Waals surface area contributed by atoms with Gasteiger partial charge in [0.2, 0.25) is 0 Å². The molecule has 1 aromatic heterocycles. The van der Waals surface area contributed by atoms with Crippen molar-refractivity contribution in [2.75, 3.05) is 11.5 Å². The molecule has 2 rings (SSSR count). The summed E-state index contributed by atoms with van der Waals surface area (Å²) in [4.78, 5) is 8.24. The lowest BCUT2D eigenvalue weighted by Gasteiger charge is -2.09. The summed E-state index contributed by atoms with van der Waals surface area (Å²) in [6, 6.07) is 0. The largest absolute Gasteiger partial charge is 0.383 e. The van der Waals surface area contributed by atoms with Crippen molar-refractivity contribution >= 4 is 17.6 Å². The third-order valence-electron chi connectivity index (χ3n) is 3.01. The summed E-state index contributed by atoms with van der Waals surface area (Å²) in [6.07, 6.45) is 7.12. The van der Waals surface area contributed by atoms with Gasteiger partial charge in [-0.1, -0.05) is 12.8 Å². The Morgan fingerprint density at radius 2 is 2.13 bits per heavy atom. The summed E-state index contributed by atoms with van der Waals surface area (Å²) >= 11 is 1.83. The summed E-state index contributed by atoms with van der Waals surface area (Å²) < 4.78 is 0. The maximum atomic E-state index is 5.74. The van der Waals surface area contributed by atoms with Crippen LogP contribution >= 0.6 is 11.8 Å². The topological polar surface area (TPSA) is 51.8 Å². The van der Waals surface area contributed by atoms with E-state index in [-0.39, 0.29) is 0 Å². The van der Waals surface area contributed by atoms with E-state index in [2.05, 4.69) is 9.97 Å². The van der Waals surface area contributed by atoms with E-state index >= 15 is 0 Å². The zero-order valence-corrected chi connectivity index (χ0v) is 9.89. The van der Waals surface area contributed by atoms with Gasteiger partial charge in [-0.25, -0.2) is 9.97 Å². The number of hydrogen-bond donors (Lipinski definition) is 1. The van der Waals surface area contributed by atoms with E-state index in [1.807, 2.05) is 18.7 Å². The van der Waals surface area contributed by atoms with Gasteiger partial charge in [0.05, 0.1) is 0 Å². The van der Waals surface area contributed by atoms with Gasteiger partial charge in [-0.05, 0) is 25.7 Å². The van der Waals surface area contributed by atoms with Gasteiger partial charge < -0.3 is 5.73 Å². The minimum Gasteiger partial charge on any atom is -0.383 e. The quantitative estimate of drug-likeness (QED) is 0.632. The first kappa shape index (κ1) is 10.7. The van der Waals surface area contributed by atoms with Crippen LogP contribution in [0, 0.1) is 12.8 Å². The smallest absolute Gasteiger partial charge is 0.130 e. The van der Waals surface area contributed by atoms with E-state index in [1.54, 1.807) is 6.33 Å². The highest BCUT2D eigenvalue weighted by atomic mass is 32.2. The second-order valence-corrected chi connectivity index (χ2v) is 5.16. The lowest BCUT2D eigenvalue weighted by atomic mass is 10.1. The summed E-state index contributed by atoms with van der Waals surface area (Å²) in [7, 11) is 0. The number of nitrogen functional groups attached to an aromatic ring is 1. The number of rotatable bonds is 3. The Morgan fingerprint density at radius 1 is 1.40 bits per heavy atom. The monoisotopic (exact) mass is 223 g/mol. The van der Waals surface area contributed by atoms with Crippen LogP contribution in [0.1, 0.15) is 31.2 Å². The Hall–Kier alpha value is -0.770. The molecule has 2 N–H and O–H groups in total. The lowest BCUT2D eigenvalue weighted by molar-refractivity contribution is 0.622. The molecular weight excluding hydrogens is 206 g/mol. The van der Waals surface area contributed by atoms with Gasteiger partial charge >= 0.3 is 0 Å². The number of hydrogen-bond acceptors (Lipinski definition) is 4. The molecule has 0 amide bonds. The van der Waals surface area contributed by atoms with Crippen molar-refractivity contribution in [3.8, 4) is 0 Å². The number of nitrogens with two attached hydrogens (primary N) is 1. The molecule has 1 aliphatic carbocycles. The van der Waals surface area contributed by atoms with E-state index < -0.39 is 0 Å². The first-order valence-corrected chi connectivity index (χ1v) is 6.46. The lowest BCUT2D eigenvalue weighted by Crippen LogP contribution is -2.01. The molecule has 1 fully saturated rings. The number of nitrogens with zero attached hydrogens (tertiary/aromatic N) is 2. The zero-order valence-electron chi connectivity index (χ0n) is 9.07. The molecule has 0 bridgehead atoms. The molecule has 0 aromatic carbocycles. The van der Waals surface area contributed by atoms with Crippen molar-refractivity contribution in [1.29, 1.82) is 0 Å². The highest BCUT2D eigenvalue weighted by Crippen LogP contribution is 2.31. The third-order valence-corrected chi connectivity index (χ3v) is 4.33. The predicted octanol–water partition coefficient (Wildman–Crippen LogP) is 2.65. The van der Waals surface area contributed by atoms with Crippen LogP contribution in [0.15, 0.2) is 11.4 Å². The van der Waals surface area contributed by atoms with Crippen LogP contribution in [0.5, 0.6) is 0 Å². The number of aromatic nitrogens is 2. The molecule has 1 aromatic rings. The van der Waals surface area contributed by atoms with Gasteiger partial charge in [0.1, 0.15) is 17.2 Å². The highest BCUT2D eigenvalue weighted by molar-refractivity contribution is 7.99. The standard InChI is InChI=1S/C11H17N3S/c1-8-10(12)13-7-14-11(8)15-6-9-4-2-3-5-9/h7,9H,2-6H2,1H3,(H2,12,13,14). The molecule has 0 aliphatic heterocycles. The second kappa shape index (κ2) is 4.84. The van der Waals surface area contributed by atoms with Crippen molar-refractivity contribution in [3.63, 3.8) is 0 Å². The molecule has 3 nitrogen and oxygen atoms in total. The summed E-state index contributed by atoms with van der Waals surface area (Å²) in [5.74, 6) is 2.67. The normalized spacial score (nSPS) is 17.1. The molecule has 1 aliphatic rings. The Bertz CT molecular complexity index is 335. The molecule has 4 heteroatoms. The van der Waals surface area contributed by atoms with Gasteiger partial charge in [0.15, 0.2) is 0 Å². The van der Waals surface area contributed by atoms with Crippen LogP contribution in [0.25, 0.3) is 0 Å². The van der Waals surface area contributed by atoms with Crippen LogP contribution in [-0.4, -0.2) is 15.7 Å². The molecule has 1 heterocycles. The van der Waals surface area contributed by atoms with Crippen molar-refractivity contribution in [3.05, 3.63) is 11.9 Å². The molecule has 0 spiro atoms. The van der Waals surface area contributed by atoms with E-state index in [0.717, 1.165) is 16.5 Å². The molecule has 0 radical (unpaired) electrons. The third kappa shape index (κ3) is 2.62. The summed E-state index contributed by atoms with van der Waals surface area (Å²) in [5.41, 5.74) is 6.77. The second-order valence-electron chi connectivity index (χ2n) is 4.15. The van der Waals surface area contributed by atoms with E-state index in [1.165, 1.54) is 31.4 Å². The maximum Gasteiger partial charge on any atom is 0.130 e. The fourth-order valence-electron chi connectivity index (χ4n) is 1.97. The SMILES string of the molecule is Cc1c(N)ncnc1SCC1CCCC1. The zero-order chi connectivity index (χ0) is 10.7. The fourth-order valence-corrected chi connectivity index (χ4v) is 3.14. The van der Waals surface area contributed by atoms with Crippen molar-refractivity contribution in [2.24, 2.45) is 5.92 Å². The van der Waals surface area contributed by atoms with Gasteiger partial charge in [-0.3, -0.25) is 0 Å². The van der Waals surface area contributed by atoms with E-state index in [9.17, 15) is 0 Å². The first-order valence-electron chi connectivity index (χ1n) is 5.47. The van der Waals surface area contributed by atoms with Crippen LogP contribution in [0.2, 0.25) is 0 Å². The van der Waals surface area contributed by atoms with Crippen molar-refractivity contribution in [2.45, 2.75) is 37.6 Å². The Labute approximate surface area is 94.9 Å². The van der Waals surface area contributed by atoms with Crippen LogP contribution in [0.4, 0.5) is 5.82 Å². The Kier molecular flexibility index (Phi) is 3.46. The fraction of sp³-hybridized carbons (Fsp3) is 0.636. The molecule has 0 atom stereocenters. The van der Waals surface area contributed by atoms with Crippen molar-refractivity contribution < 1.29 is 0 Å². The predicted molar refractivity (Wildman–Crippen MR) is 63.9 cm³/mol. The highest BCUT2D eigenvalue weighted by Gasteiger charge is 2.16. The average Bonchev–Trinajstić information content (AvgIpc) is 2.73. The van der Waals surface area contributed by atoms with Gasteiger partial charge in [-0.15, -0.1) is 11.8 Å². The van der Waals surface area contributed by atoms with Gasteiger partial charge in [0.25, 0.3) is 0 Å². The maximum absolute atomic E-state index is 5.74. The molecule has 1 saturated carbocycles. The average molecular weight is 223 g/mol. The molecule has 0 saturated heterocycles. The van der Waals surface area contributed by atoms with Gasteiger partial charge in [-0.2, -0.15) is 0 Å². The van der Waals surface area contributed by atoms with Crippen LogP contribution in [-0.2, 0) is 0 Å². The van der Waals surface area contributed by atoms with E-state index in [0.29, 0.717) is 5.82 Å². The Morgan fingerprint density at radius 3 is 2.87 bits per heavy atom. The minimum absolute atomic E-state index is 0.610. The van der Waals surface area contributed by atoms with Crippen molar-refractivity contribution in [1.82, 2.24) is 9.97 Å². The van der Waals surface area contributed by atoms with Gasteiger partial charge in [0, 0.05) is 11.3 Å². The minimum atomic E-state index is 0.610. The van der Waals surface area contributed by atoms with E-state index in [4.69, 9.17) is 5.73 Å². The first-order chi connectivity index (χ1) is 7.27. The molecule has 82 valence electrons. The molecule has 15 heavy (non-hydrogen) atoms. The molecule has 0 unspecified atom stereocenters. The van der Waals surface area contributed by atoms with Crippen LogP contribution in [0.3, 0.4) is 0 Å². The summed E-state index contributed by atoms with van der Waals surface area (Å²) in [6.45, 7) is 1.99. The molecular formula is C11H17N3S. The Balaban J connectivity index is 1.95. The van der Waals surface area contributed by atoms with Crippen LogP contribution < -0.4 is 5.73 Å². The number of thioether (sulfide) groups is 1. The summed E-state index contributed by atoms with van der Waals surface area (Å²) in [5, 5.41) is 1.05. The number of anilines is 1.